The summed E-state index contributed by atoms with van der Waals surface area (Å²) in [6, 6.07) is 1.97. The van der Waals surface area contributed by atoms with Crippen molar-refractivity contribution in [2.24, 2.45) is 13.0 Å². The van der Waals surface area contributed by atoms with Gasteiger partial charge in [0.05, 0.1) is 24.7 Å². The molecule has 0 spiro atoms. The number of aliphatic hydroxyl groups is 1. The van der Waals surface area contributed by atoms with E-state index in [4.69, 9.17) is 0 Å². The van der Waals surface area contributed by atoms with Crippen LogP contribution in [0.5, 0.6) is 0 Å². The Labute approximate surface area is 102 Å². The quantitative estimate of drug-likeness (QED) is 0.877. The summed E-state index contributed by atoms with van der Waals surface area (Å²) in [7, 11) is 1.98. The van der Waals surface area contributed by atoms with Gasteiger partial charge in [-0.3, -0.25) is 0 Å². The van der Waals surface area contributed by atoms with E-state index in [1.54, 1.807) is 6.33 Å². The van der Waals surface area contributed by atoms with E-state index < -0.39 is 0 Å². The van der Waals surface area contributed by atoms with E-state index in [0.717, 1.165) is 17.8 Å². The van der Waals surface area contributed by atoms with Gasteiger partial charge in [-0.15, -0.1) is 0 Å². The predicted octanol–water partition coefficient (Wildman–Crippen LogP) is 1.96. The predicted molar refractivity (Wildman–Crippen MR) is 66.5 cm³/mol. The highest BCUT2D eigenvalue weighted by Crippen LogP contribution is 2.21. The van der Waals surface area contributed by atoms with Gasteiger partial charge >= 0.3 is 0 Å². The first kappa shape index (κ1) is 11.9. The topological polar surface area (TPSA) is 43.0 Å². The monoisotopic (exact) mass is 233 g/mol. The fraction of sp³-hybridized carbons (Fsp3) is 0.462. The number of aryl methyl sites for hydroxylation is 1. The Kier molecular flexibility index (Phi) is 3.33. The Morgan fingerprint density at radius 1 is 1.41 bits per heavy atom. The second kappa shape index (κ2) is 4.75. The average Bonchev–Trinajstić information content (AvgIpc) is 2.88. The van der Waals surface area contributed by atoms with Gasteiger partial charge in [0.1, 0.15) is 0 Å². The van der Waals surface area contributed by atoms with Crippen LogP contribution in [0.25, 0.3) is 0 Å². The number of nitrogens with zero attached hydrogens (tertiary/aromatic N) is 3. The van der Waals surface area contributed by atoms with E-state index in [-0.39, 0.29) is 12.0 Å². The van der Waals surface area contributed by atoms with Crippen LogP contribution >= 0.6 is 0 Å². The zero-order valence-corrected chi connectivity index (χ0v) is 10.5. The molecule has 0 bridgehead atoms. The molecule has 4 heteroatoms. The van der Waals surface area contributed by atoms with E-state index >= 15 is 0 Å². The lowest BCUT2D eigenvalue weighted by Gasteiger charge is -2.12. The Morgan fingerprint density at radius 3 is 2.76 bits per heavy atom. The maximum absolute atomic E-state index is 9.96. The number of rotatable bonds is 4. The number of hydrogen-bond donors (Lipinski definition) is 1. The van der Waals surface area contributed by atoms with Gasteiger partial charge in [0.2, 0.25) is 0 Å². The third-order valence-electron chi connectivity index (χ3n) is 3.01. The Balaban J connectivity index is 2.11. The highest BCUT2D eigenvalue weighted by atomic mass is 16.3. The highest BCUT2D eigenvalue weighted by Gasteiger charge is 2.13. The molecule has 2 aromatic rings. The second-order valence-electron chi connectivity index (χ2n) is 4.80. The van der Waals surface area contributed by atoms with Crippen LogP contribution in [0.2, 0.25) is 0 Å². The molecule has 0 amide bonds. The van der Waals surface area contributed by atoms with Crippen LogP contribution in [-0.4, -0.2) is 19.2 Å². The molecular weight excluding hydrogens is 214 g/mol. The first-order valence-corrected chi connectivity index (χ1v) is 5.87. The van der Waals surface area contributed by atoms with Crippen LogP contribution < -0.4 is 0 Å². The van der Waals surface area contributed by atoms with Crippen LogP contribution in [0.1, 0.15) is 31.2 Å². The first-order valence-electron chi connectivity index (χ1n) is 5.87. The molecule has 0 aromatic carbocycles. The zero-order chi connectivity index (χ0) is 12.4. The van der Waals surface area contributed by atoms with Crippen molar-refractivity contribution >= 4 is 0 Å². The minimum atomic E-state index is -0.386. The molecule has 0 aliphatic rings. The molecule has 0 saturated heterocycles. The van der Waals surface area contributed by atoms with Crippen molar-refractivity contribution in [3.05, 3.63) is 42.2 Å². The van der Waals surface area contributed by atoms with Gasteiger partial charge < -0.3 is 14.2 Å². The Bertz CT molecular complexity index is 484. The van der Waals surface area contributed by atoms with Gasteiger partial charge in [-0.2, -0.15) is 0 Å². The number of imidazole rings is 1. The van der Waals surface area contributed by atoms with Crippen LogP contribution in [0.15, 0.2) is 31.0 Å². The molecule has 0 radical (unpaired) electrons. The summed E-state index contributed by atoms with van der Waals surface area (Å²) >= 11 is 0. The molecule has 17 heavy (non-hydrogen) atoms. The number of aliphatic hydroxyl groups excluding tert-OH is 1. The lowest BCUT2D eigenvalue weighted by molar-refractivity contribution is 0.127. The maximum Gasteiger partial charge on any atom is 0.0946 e. The van der Waals surface area contributed by atoms with E-state index in [0.29, 0.717) is 0 Å². The summed E-state index contributed by atoms with van der Waals surface area (Å²) < 4.78 is 4.07. The molecule has 2 aromatic heterocycles. The van der Waals surface area contributed by atoms with Crippen molar-refractivity contribution in [3.8, 4) is 0 Å². The average molecular weight is 233 g/mol. The normalized spacial score (nSPS) is 13.2. The van der Waals surface area contributed by atoms with Crippen LogP contribution in [0.4, 0.5) is 0 Å². The minimum absolute atomic E-state index is 0.238. The Morgan fingerprint density at radius 2 is 2.18 bits per heavy atom. The molecule has 1 unspecified atom stereocenters. The van der Waals surface area contributed by atoms with Crippen molar-refractivity contribution in [3.63, 3.8) is 0 Å². The highest BCUT2D eigenvalue weighted by molar-refractivity contribution is 5.15. The first-order chi connectivity index (χ1) is 8.08. The molecule has 2 rings (SSSR count). The molecule has 2 heterocycles. The fourth-order valence-corrected chi connectivity index (χ4v) is 1.84. The van der Waals surface area contributed by atoms with Crippen LogP contribution in [0, 0.1) is 5.92 Å². The van der Waals surface area contributed by atoms with Gasteiger partial charge in [0.15, 0.2) is 0 Å². The van der Waals surface area contributed by atoms with Gasteiger partial charge in [-0.05, 0) is 17.5 Å². The Hall–Kier alpha value is -1.55. The maximum atomic E-state index is 9.96. The van der Waals surface area contributed by atoms with Crippen molar-refractivity contribution < 1.29 is 5.11 Å². The van der Waals surface area contributed by atoms with Crippen molar-refractivity contribution in [2.45, 2.75) is 26.5 Å². The third kappa shape index (κ3) is 2.58. The molecule has 1 atom stereocenters. The summed E-state index contributed by atoms with van der Waals surface area (Å²) in [6.45, 7) is 4.81. The van der Waals surface area contributed by atoms with Crippen molar-refractivity contribution in [1.29, 1.82) is 0 Å². The molecule has 0 saturated carbocycles. The molecule has 4 nitrogen and oxygen atoms in total. The summed E-state index contributed by atoms with van der Waals surface area (Å²) in [4.78, 5) is 4.09. The number of aromatic nitrogens is 3. The largest absolute Gasteiger partial charge is 0.388 e. The second-order valence-corrected chi connectivity index (χ2v) is 4.80. The summed E-state index contributed by atoms with van der Waals surface area (Å²) in [6.07, 6.45) is 7.26. The third-order valence-corrected chi connectivity index (χ3v) is 3.01. The minimum Gasteiger partial charge on any atom is -0.388 e. The van der Waals surface area contributed by atoms with Gasteiger partial charge in [-0.1, -0.05) is 13.8 Å². The summed E-state index contributed by atoms with van der Waals surface area (Å²) in [5.41, 5.74) is 2.12. The fourth-order valence-electron chi connectivity index (χ4n) is 1.84. The summed E-state index contributed by atoms with van der Waals surface area (Å²) in [5, 5.41) is 9.96. The van der Waals surface area contributed by atoms with Crippen molar-refractivity contribution in [1.82, 2.24) is 14.1 Å². The van der Waals surface area contributed by atoms with Crippen molar-refractivity contribution in [2.75, 3.05) is 0 Å². The van der Waals surface area contributed by atoms with Gasteiger partial charge in [-0.25, -0.2) is 4.98 Å². The molecule has 0 fully saturated rings. The molecule has 92 valence electrons. The molecule has 0 aliphatic carbocycles. The number of hydrogen-bond acceptors (Lipinski definition) is 2. The van der Waals surface area contributed by atoms with E-state index in [9.17, 15) is 5.11 Å². The van der Waals surface area contributed by atoms with Crippen LogP contribution in [-0.2, 0) is 13.6 Å². The van der Waals surface area contributed by atoms with Gasteiger partial charge in [0.25, 0.3) is 0 Å². The van der Waals surface area contributed by atoms with E-state index in [2.05, 4.69) is 9.55 Å². The summed E-state index contributed by atoms with van der Waals surface area (Å²) in [5.74, 6) is 0.238. The molecule has 0 aliphatic heterocycles. The smallest absolute Gasteiger partial charge is 0.0946 e. The SMILES string of the molecule is CC(C)C(O)c1ccn(Cc2cncn2C)c1. The van der Waals surface area contributed by atoms with E-state index in [1.807, 2.05) is 50.1 Å². The van der Waals surface area contributed by atoms with Crippen LogP contribution in [0.3, 0.4) is 0 Å². The lowest BCUT2D eigenvalue weighted by atomic mass is 10.0. The molecule has 1 N–H and O–H groups in total. The lowest BCUT2D eigenvalue weighted by Crippen LogP contribution is -2.05. The van der Waals surface area contributed by atoms with Gasteiger partial charge in [0, 0.05) is 25.6 Å². The standard InChI is InChI=1S/C13H19N3O/c1-10(2)13(17)11-4-5-16(7-11)8-12-6-14-9-15(12)3/h4-7,9-10,13,17H,8H2,1-3H3. The zero-order valence-electron chi connectivity index (χ0n) is 10.5. The molecular formula is C13H19N3O. The van der Waals surface area contributed by atoms with E-state index in [1.165, 1.54) is 0 Å².